The molecule has 2 heteroatoms. The lowest BCUT2D eigenvalue weighted by Crippen LogP contribution is -2.23. The molecule has 0 spiro atoms. The molecule has 0 fully saturated rings. The molecule has 62 valence electrons. The van der Waals surface area contributed by atoms with E-state index in [2.05, 4.69) is 18.7 Å². The minimum atomic E-state index is -0.165. The van der Waals surface area contributed by atoms with Crippen LogP contribution in [0.5, 0.6) is 0 Å². The Balaban J connectivity index is 3.09. The molecule has 0 unspecified atom stereocenters. The molecule has 0 N–H and O–H groups in total. The molecular weight excluding hydrogens is 129 g/mol. The molecule has 0 saturated carbocycles. The van der Waals surface area contributed by atoms with E-state index in [4.69, 9.17) is 0 Å². The Morgan fingerprint density at radius 3 is 2.10 bits per heavy atom. The number of alkyl halides is 1. The molecule has 0 aliphatic heterocycles. The van der Waals surface area contributed by atoms with Gasteiger partial charge < -0.3 is 4.90 Å². The number of halogens is 1. The molecule has 0 aromatic rings. The van der Waals surface area contributed by atoms with Crippen molar-refractivity contribution in [1.29, 1.82) is 0 Å². The predicted octanol–water partition coefficient (Wildman–Crippen LogP) is 2.08. The number of hydrogen-bond donors (Lipinski definition) is 0. The van der Waals surface area contributed by atoms with Crippen LogP contribution in [-0.2, 0) is 0 Å². The highest BCUT2D eigenvalue weighted by Gasteiger charge is 1.96. The van der Waals surface area contributed by atoms with Gasteiger partial charge in [-0.25, -0.2) is 0 Å². The van der Waals surface area contributed by atoms with Gasteiger partial charge in [0.25, 0.3) is 0 Å². The molecule has 0 atom stereocenters. The van der Waals surface area contributed by atoms with Crippen LogP contribution in [0.4, 0.5) is 4.39 Å². The third kappa shape index (κ3) is 4.74. The van der Waals surface area contributed by atoms with E-state index in [0.717, 1.165) is 32.5 Å². The standard InChI is InChI=1S/C8H18FN/c1-3-10(4-2)8-6-5-7-9/h3-8H2,1-2H3. The lowest BCUT2D eigenvalue weighted by molar-refractivity contribution is 0.290. The Bertz CT molecular complexity index is 62.3. The number of rotatable bonds is 6. The van der Waals surface area contributed by atoms with Gasteiger partial charge in [0.2, 0.25) is 0 Å². The zero-order valence-electron chi connectivity index (χ0n) is 7.07. The summed E-state index contributed by atoms with van der Waals surface area (Å²) >= 11 is 0. The van der Waals surface area contributed by atoms with Crippen molar-refractivity contribution in [3.63, 3.8) is 0 Å². The van der Waals surface area contributed by atoms with Crippen LogP contribution in [0.3, 0.4) is 0 Å². The zero-order chi connectivity index (χ0) is 7.82. The minimum Gasteiger partial charge on any atom is -0.304 e. The van der Waals surface area contributed by atoms with Crippen molar-refractivity contribution in [3.8, 4) is 0 Å². The van der Waals surface area contributed by atoms with E-state index in [1.165, 1.54) is 0 Å². The molecule has 0 saturated heterocycles. The number of hydrogen-bond acceptors (Lipinski definition) is 1. The SMILES string of the molecule is CCN(CC)CCCCF. The topological polar surface area (TPSA) is 3.24 Å². The van der Waals surface area contributed by atoms with Crippen LogP contribution in [0.15, 0.2) is 0 Å². The van der Waals surface area contributed by atoms with Gasteiger partial charge in [0, 0.05) is 0 Å². The van der Waals surface area contributed by atoms with Gasteiger partial charge in [-0.05, 0) is 32.5 Å². The van der Waals surface area contributed by atoms with E-state index in [-0.39, 0.29) is 6.67 Å². The first kappa shape index (κ1) is 9.89. The van der Waals surface area contributed by atoms with E-state index < -0.39 is 0 Å². The molecule has 10 heavy (non-hydrogen) atoms. The molecule has 0 heterocycles. The summed E-state index contributed by atoms with van der Waals surface area (Å²) in [5.41, 5.74) is 0. The highest BCUT2D eigenvalue weighted by molar-refractivity contribution is 4.51. The fraction of sp³-hybridized carbons (Fsp3) is 1.00. The summed E-state index contributed by atoms with van der Waals surface area (Å²) in [6.45, 7) is 7.33. The first-order valence-electron chi connectivity index (χ1n) is 4.13. The van der Waals surface area contributed by atoms with Gasteiger partial charge in [0.1, 0.15) is 0 Å². The maximum absolute atomic E-state index is 11.6. The molecular formula is C8H18FN. The van der Waals surface area contributed by atoms with Gasteiger partial charge in [-0.1, -0.05) is 13.8 Å². The van der Waals surface area contributed by atoms with Crippen molar-refractivity contribution < 1.29 is 4.39 Å². The minimum absolute atomic E-state index is 0.165. The van der Waals surface area contributed by atoms with Crippen molar-refractivity contribution in [2.45, 2.75) is 26.7 Å². The summed E-state index contributed by atoms with van der Waals surface area (Å²) in [6, 6.07) is 0. The van der Waals surface area contributed by atoms with Crippen LogP contribution in [0.2, 0.25) is 0 Å². The molecule has 0 bridgehead atoms. The fourth-order valence-corrected chi connectivity index (χ4v) is 0.970. The van der Waals surface area contributed by atoms with Crippen LogP contribution >= 0.6 is 0 Å². The number of unbranched alkanes of at least 4 members (excludes halogenated alkanes) is 1. The second kappa shape index (κ2) is 7.00. The molecule has 0 amide bonds. The second-order valence-corrected chi connectivity index (χ2v) is 2.42. The van der Waals surface area contributed by atoms with Crippen LogP contribution in [0.25, 0.3) is 0 Å². The van der Waals surface area contributed by atoms with Gasteiger partial charge in [0.05, 0.1) is 6.67 Å². The Kier molecular flexibility index (Phi) is 6.93. The first-order chi connectivity index (χ1) is 4.85. The molecule has 0 aliphatic rings. The molecule has 0 radical (unpaired) electrons. The van der Waals surface area contributed by atoms with Gasteiger partial charge >= 0.3 is 0 Å². The van der Waals surface area contributed by atoms with Crippen LogP contribution < -0.4 is 0 Å². The summed E-state index contributed by atoms with van der Waals surface area (Å²) < 4.78 is 11.6. The summed E-state index contributed by atoms with van der Waals surface area (Å²) in [5.74, 6) is 0. The largest absolute Gasteiger partial charge is 0.304 e. The highest BCUT2D eigenvalue weighted by Crippen LogP contribution is 1.94. The quantitative estimate of drug-likeness (QED) is 0.520. The third-order valence-corrected chi connectivity index (χ3v) is 1.75. The fourth-order valence-electron chi connectivity index (χ4n) is 0.970. The Morgan fingerprint density at radius 2 is 1.70 bits per heavy atom. The van der Waals surface area contributed by atoms with Gasteiger partial charge in [0.15, 0.2) is 0 Å². The molecule has 0 aliphatic carbocycles. The molecule has 0 aromatic heterocycles. The van der Waals surface area contributed by atoms with E-state index in [1.54, 1.807) is 0 Å². The van der Waals surface area contributed by atoms with Gasteiger partial charge in [-0.15, -0.1) is 0 Å². The maximum Gasteiger partial charge on any atom is 0.0894 e. The first-order valence-corrected chi connectivity index (χ1v) is 4.13. The van der Waals surface area contributed by atoms with Crippen molar-refractivity contribution in [2.75, 3.05) is 26.3 Å². The summed E-state index contributed by atoms with van der Waals surface area (Å²) in [5, 5.41) is 0. The maximum atomic E-state index is 11.6. The van der Waals surface area contributed by atoms with Crippen molar-refractivity contribution in [1.82, 2.24) is 4.90 Å². The summed E-state index contributed by atoms with van der Waals surface area (Å²) in [4.78, 5) is 2.32. The van der Waals surface area contributed by atoms with E-state index >= 15 is 0 Å². The van der Waals surface area contributed by atoms with Crippen LogP contribution in [0.1, 0.15) is 26.7 Å². The Hall–Kier alpha value is -0.110. The third-order valence-electron chi connectivity index (χ3n) is 1.75. The summed E-state index contributed by atoms with van der Waals surface area (Å²) in [7, 11) is 0. The Labute approximate surface area is 63.2 Å². The second-order valence-electron chi connectivity index (χ2n) is 2.42. The van der Waals surface area contributed by atoms with E-state index in [9.17, 15) is 4.39 Å². The lowest BCUT2D eigenvalue weighted by atomic mass is 10.3. The zero-order valence-corrected chi connectivity index (χ0v) is 7.07. The van der Waals surface area contributed by atoms with Crippen molar-refractivity contribution in [2.24, 2.45) is 0 Å². The smallest absolute Gasteiger partial charge is 0.0894 e. The van der Waals surface area contributed by atoms with E-state index in [1.807, 2.05) is 0 Å². The molecule has 0 aromatic carbocycles. The molecule has 0 rings (SSSR count). The molecule has 1 nitrogen and oxygen atoms in total. The highest BCUT2D eigenvalue weighted by atomic mass is 19.1. The van der Waals surface area contributed by atoms with E-state index in [0.29, 0.717) is 0 Å². The van der Waals surface area contributed by atoms with Crippen LogP contribution in [0, 0.1) is 0 Å². The van der Waals surface area contributed by atoms with Crippen LogP contribution in [-0.4, -0.2) is 31.2 Å². The van der Waals surface area contributed by atoms with Crippen molar-refractivity contribution >= 4 is 0 Å². The summed E-state index contributed by atoms with van der Waals surface area (Å²) in [6.07, 6.45) is 1.72. The van der Waals surface area contributed by atoms with Crippen molar-refractivity contribution in [3.05, 3.63) is 0 Å². The van der Waals surface area contributed by atoms with Gasteiger partial charge in [-0.3, -0.25) is 4.39 Å². The Morgan fingerprint density at radius 1 is 1.10 bits per heavy atom. The lowest BCUT2D eigenvalue weighted by Gasteiger charge is -2.16. The normalized spacial score (nSPS) is 10.8. The monoisotopic (exact) mass is 147 g/mol. The van der Waals surface area contributed by atoms with Gasteiger partial charge in [-0.2, -0.15) is 0 Å². The average molecular weight is 147 g/mol. The average Bonchev–Trinajstić information content (AvgIpc) is 1.99. The predicted molar refractivity (Wildman–Crippen MR) is 43.0 cm³/mol. The number of nitrogens with zero attached hydrogens (tertiary/aromatic N) is 1.